The van der Waals surface area contributed by atoms with Crippen molar-refractivity contribution in [3.8, 4) is 0 Å². The van der Waals surface area contributed by atoms with E-state index in [1.54, 1.807) is 68.5 Å². The number of aryl methyl sites for hydroxylation is 1. The molecule has 11 heteroatoms. The second-order valence-corrected chi connectivity index (χ2v) is 11.0. The number of aromatic nitrogens is 1. The molecule has 1 aliphatic carbocycles. The molecule has 0 unspecified atom stereocenters. The fourth-order valence-corrected chi connectivity index (χ4v) is 5.27. The monoisotopic (exact) mass is 577 g/mol. The van der Waals surface area contributed by atoms with Crippen molar-refractivity contribution in [3.63, 3.8) is 0 Å². The van der Waals surface area contributed by atoms with E-state index in [1.165, 1.54) is 0 Å². The second kappa shape index (κ2) is 13.6. The van der Waals surface area contributed by atoms with Crippen LogP contribution >= 0.6 is 0 Å². The average Bonchev–Trinajstić information content (AvgIpc) is 3.36. The molecular formula is C31H39N5O6. The van der Waals surface area contributed by atoms with Crippen LogP contribution in [-0.2, 0) is 14.3 Å². The maximum absolute atomic E-state index is 13.6. The minimum absolute atomic E-state index is 0.0659. The molecule has 11 nitrogen and oxygen atoms in total. The largest absolute Gasteiger partial charge is 0.449 e. The van der Waals surface area contributed by atoms with Gasteiger partial charge < -0.3 is 29.6 Å². The Morgan fingerprint density at radius 3 is 2.36 bits per heavy atom. The molecule has 1 aliphatic rings. The number of fused-ring (bicyclic) bond motifs is 1. The smallest absolute Gasteiger partial charge is 0.294 e. The first-order chi connectivity index (χ1) is 20.1. The summed E-state index contributed by atoms with van der Waals surface area (Å²) in [6.45, 7) is 2.86. The number of ether oxygens (including phenoxy) is 1. The van der Waals surface area contributed by atoms with Crippen molar-refractivity contribution in [2.24, 2.45) is 11.8 Å². The van der Waals surface area contributed by atoms with E-state index in [2.05, 4.69) is 15.6 Å². The number of benzene rings is 1. The molecule has 1 saturated carbocycles. The highest BCUT2D eigenvalue weighted by Gasteiger charge is 2.33. The Hall–Kier alpha value is -4.25. The Kier molecular flexibility index (Phi) is 9.95. The van der Waals surface area contributed by atoms with Crippen LogP contribution in [0.5, 0.6) is 0 Å². The molecular weight excluding hydrogens is 538 g/mol. The molecule has 2 N–H and O–H groups in total. The van der Waals surface area contributed by atoms with E-state index in [1.807, 2.05) is 13.0 Å². The minimum Gasteiger partial charge on any atom is -0.449 e. The molecule has 2 heterocycles. The fraction of sp³-hybridized carbons (Fsp3) is 0.452. The summed E-state index contributed by atoms with van der Waals surface area (Å²) < 4.78 is 11.1. The van der Waals surface area contributed by atoms with Crippen LogP contribution in [-0.4, -0.2) is 79.8 Å². The first-order valence-corrected chi connectivity index (χ1v) is 14.2. The van der Waals surface area contributed by atoms with E-state index < -0.39 is 5.91 Å². The molecule has 1 fully saturated rings. The lowest BCUT2D eigenvalue weighted by atomic mass is 9.81. The first kappa shape index (κ1) is 30.7. The number of rotatable bonds is 10. The van der Waals surface area contributed by atoms with Gasteiger partial charge in [0.05, 0.1) is 10.9 Å². The van der Waals surface area contributed by atoms with Gasteiger partial charge in [0, 0.05) is 59.4 Å². The lowest BCUT2D eigenvalue weighted by molar-refractivity contribution is -0.135. The first-order valence-electron chi connectivity index (χ1n) is 14.2. The van der Waals surface area contributed by atoms with Crippen molar-refractivity contribution in [1.29, 1.82) is 0 Å². The number of furan rings is 1. The van der Waals surface area contributed by atoms with Gasteiger partial charge in [0.1, 0.15) is 17.1 Å². The van der Waals surface area contributed by atoms with Gasteiger partial charge in [0.25, 0.3) is 11.8 Å². The highest BCUT2D eigenvalue weighted by Crippen LogP contribution is 2.37. The Morgan fingerprint density at radius 2 is 1.71 bits per heavy atom. The van der Waals surface area contributed by atoms with Crippen LogP contribution < -0.4 is 10.6 Å². The van der Waals surface area contributed by atoms with E-state index >= 15 is 0 Å². The molecule has 3 aromatic rings. The summed E-state index contributed by atoms with van der Waals surface area (Å²) in [7, 11) is 6.77. The number of methoxy groups -OCH3 is 1. The summed E-state index contributed by atoms with van der Waals surface area (Å²) >= 11 is 0. The van der Waals surface area contributed by atoms with Crippen LogP contribution in [0, 0.1) is 18.8 Å². The van der Waals surface area contributed by atoms with Gasteiger partial charge in [-0.1, -0.05) is 12.1 Å². The van der Waals surface area contributed by atoms with Gasteiger partial charge in [0.2, 0.25) is 17.6 Å². The lowest BCUT2D eigenvalue weighted by Crippen LogP contribution is -2.35. The number of hydrogen-bond acceptors (Lipinski definition) is 7. The number of nitrogens with zero attached hydrogens (tertiary/aromatic N) is 3. The molecule has 0 bridgehead atoms. The predicted octanol–water partition coefficient (Wildman–Crippen LogP) is 4.33. The van der Waals surface area contributed by atoms with E-state index in [4.69, 9.17) is 9.15 Å². The highest BCUT2D eigenvalue weighted by atomic mass is 16.5. The third kappa shape index (κ3) is 6.96. The van der Waals surface area contributed by atoms with Crippen LogP contribution in [0.1, 0.15) is 58.6 Å². The molecule has 2 aromatic heterocycles. The summed E-state index contributed by atoms with van der Waals surface area (Å²) in [5.41, 5.74) is 1.67. The summed E-state index contributed by atoms with van der Waals surface area (Å²) in [5, 5.41) is 6.01. The summed E-state index contributed by atoms with van der Waals surface area (Å²) in [6, 6.07) is 8.48. The van der Waals surface area contributed by atoms with E-state index in [0.29, 0.717) is 67.6 Å². The van der Waals surface area contributed by atoms with Gasteiger partial charge >= 0.3 is 0 Å². The van der Waals surface area contributed by atoms with Crippen LogP contribution in [0.4, 0.5) is 11.5 Å². The van der Waals surface area contributed by atoms with Gasteiger partial charge in [-0.15, -0.1) is 0 Å². The number of amides is 4. The predicted molar refractivity (Wildman–Crippen MR) is 159 cm³/mol. The number of anilines is 2. The van der Waals surface area contributed by atoms with Crippen molar-refractivity contribution < 1.29 is 28.3 Å². The van der Waals surface area contributed by atoms with Gasteiger partial charge in [-0.3, -0.25) is 19.2 Å². The number of carbonyl (C=O) groups is 4. The van der Waals surface area contributed by atoms with Gasteiger partial charge in [-0.25, -0.2) is 4.98 Å². The van der Waals surface area contributed by atoms with Crippen LogP contribution in [0.25, 0.3) is 11.0 Å². The van der Waals surface area contributed by atoms with Crippen LogP contribution in [0.15, 0.2) is 40.9 Å². The SMILES string of the molecule is COCCCN(C)C(=O)c1cccc2oc(C(=O)Nc3ccc(C)cn3)c(NC(=O)[C@H]3CC[C@H](C(=O)N(C)C)CC3)c12. The molecule has 0 spiro atoms. The minimum atomic E-state index is -0.606. The molecule has 42 heavy (non-hydrogen) atoms. The molecule has 0 radical (unpaired) electrons. The van der Waals surface area contributed by atoms with Crippen LogP contribution in [0.3, 0.4) is 0 Å². The Bertz CT molecular complexity index is 1440. The Morgan fingerprint density at radius 1 is 1.00 bits per heavy atom. The van der Waals surface area contributed by atoms with Gasteiger partial charge in [0.15, 0.2) is 0 Å². The molecule has 0 saturated heterocycles. The van der Waals surface area contributed by atoms with Gasteiger partial charge in [-0.2, -0.15) is 0 Å². The standard InChI is InChI=1S/C31H39N5O6/c1-19-10-15-24(32-18-19)33-29(38)27-26(34-28(37)20-11-13-21(14-12-20)30(39)35(2)3)25-22(8-6-9-23(25)42-27)31(40)36(4)16-7-17-41-5/h6,8-10,15,18,20-21H,7,11-14,16-17H2,1-5H3,(H,34,37)(H,32,33,38)/t20-,21-. The van der Waals surface area contributed by atoms with E-state index in [-0.39, 0.29) is 41.0 Å². The zero-order valence-corrected chi connectivity index (χ0v) is 24.9. The number of pyridine rings is 1. The quantitative estimate of drug-likeness (QED) is 0.343. The zero-order valence-electron chi connectivity index (χ0n) is 24.9. The van der Waals surface area contributed by atoms with Crippen molar-refractivity contribution in [2.75, 3.05) is 52.0 Å². The van der Waals surface area contributed by atoms with E-state index in [9.17, 15) is 19.2 Å². The normalized spacial score (nSPS) is 16.6. The third-order valence-electron chi connectivity index (χ3n) is 7.63. The fourth-order valence-electron chi connectivity index (χ4n) is 5.27. The number of hydrogen-bond donors (Lipinski definition) is 2. The molecule has 4 rings (SSSR count). The second-order valence-electron chi connectivity index (χ2n) is 11.0. The summed E-state index contributed by atoms with van der Waals surface area (Å²) in [5.74, 6) is -1.37. The highest BCUT2D eigenvalue weighted by molar-refractivity contribution is 6.19. The molecule has 0 atom stereocenters. The number of carbonyl (C=O) groups excluding carboxylic acids is 4. The summed E-state index contributed by atoms with van der Waals surface area (Å²) in [6.07, 6.45) is 4.56. The van der Waals surface area contributed by atoms with Crippen LogP contribution in [0.2, 0.25) is 0 Å². The van der Waals surface area contributed by atoms with Gasteiger partial charge in [-0.05, 0) is 62.8 Å². The molecule has 4 amide bonds. The summed E-state index contributed by atoms with van der Waals surface area (Å²) in [4.78, 5) is 60.4. The Labute approximate surface area is 245 Å². The third-order valence-corrected chi connectivity index (χ3v) is 7.63. The van der Waals surface area contributed by atoms with Crippen molar-refractivity contribution in [2.45, 2.75) is 39.0 Å². The van der Waals surface area contributed by atoms with Crippen molar-refractivity contribution >= 4 is 46.1 Å². The van der Waals surface area contributed by atoms with Crippen molar-refractivity contribution in [3.05, 3.63) is 53.4 Å². The maximum Gasteiger partial charge on any atom is 0.294 e. The van der Waals surface area contributed by atoms with Crippen molar-refractivity contribution in [1.82, 2.24) is 14.8 Å². The lowest BCUT2D eigenvalue weighted by Gasteiger charge is -2.28. The zero-order chi connectivity index (χ0) is 30.4. The molecule has 0 aliphatic heterocycles. The maximum atomic E-state index is 13.6. The van der Waals surface area contributed by atoms with E-state index in [0.717, 1.165) is 5.56 Å². The molecule has 224 valence electrons. The molecule has 1 aromatic carbocycles. The number of nitrogens with one attached hydrogen (secondary N) is 2. The average molecular weight is 578 g/mol. The topological polar surface area (TPSA) is 134 Å². The Balaban J connectivity index is 1.67.